The van der Waals surface area contributed by atoms with Gasteiger partial charge in [-0.1, -0.05) is 12.1 Å². The van der Waals surface area contributed by atoms with Crippen LogP contribution in [0.25, 0.3) is 0 Å². The molecule has 1 saturated heterocycles. The van der Waals surface area contributed by atoms with Gasteiger partial charge in [0.2, 0.25) is 10.0 Å². The van der Waals surface area contributed by atoms with Crippen LogP contribution in [0.2, 0.25) is 0 Å². The molecular weight excluding hydrogens is 397 g/mol. The second-order valence-corrected chi connectivity index (χ2v) is 8.03. The molecule has 1 aromatic carbocycles. The van der Waals surface area contributed by atoms with Crippen LogP contribution in [0.3, 0.4) is 0 Å². The van der Waals surface area contributed by atoms with Crippen molar-refractivity contribution in [3.8, 4) is 5.75 Å². The van der Waals surface area contributed by atoms with Crippen molar-refractivity contribution in [1.29, 1.82) is 0 Å². The van der Waals surface area contributed by atoms with Gasteiger partial charge in [-0.05, 0) is 31.9 Å². The minimum atomic E-state index is -5.00. The number of rotatable bonds is 6. The van der Waals surface area contributed by atoms with Gasteiger partial charge in [-0.25, -0.2) is 23.1 Å². The lowest BCUT2D eigenvalue weighted by Crippen LogP contribution is -2.27. The first kappa shape index (κ1) is 20.3. The fraction of sp³-hybridized carbons (Fsp3) is 0.412. The number of aryl methyl sites for hydroxylation is 1. The van der Waals surface area contributed by atoms with Crippen molar-refractivity contribution in [2.45, 2.75) is 37.6 Å². The molecule has 2 heterocycles. The summed E-state index contributed by atoms with van der Waals surface area (Å²) in [5.41, 5.74) is 0.673. The normalized spacial score (nSPS) is 15.1. The van der Waals surface area contributed by atoms with E-state index in [0.717, 1.165) is 38.1 Å². The zero-order valence-corrected chi connectivity index (χ0v) is 15.8. The zero-order chi connectivity index (χ0) is 20.4. The summed E-state index contributed by atoms with van der Waals surface area (Å²) in [7, 11) is -4.27. The van der Waals surface area contributed by atoms with Gasteiger partial charge in [0.15, 0.2) is 0 Å². The maximum absolute atomic E-state index is 12.5. The molecule has 0 aliphatic carbocycles. The zero-order valence-electron chi connectivity index (χ0n) is 15.0. The monoisotopic (exact) mass is 416 g/mol. The number of alkyl halides is 3. The molecule has 1 aliphatic heterocycles. The van der Waals surface area contributed by atoms with Crippen molar-refractivity contribution in [2.75, 3.05) is 18.0 Å². The van der Waals surface area contributed by atoms with Crippen LogP contribution in [0.15, 0.2) is 35.2 Å². The topological polar surface area (TPSA) is 84.4 Å². The highest BCUT2D eigenvalue weighted by Crippen LogP contribution is 2.29. The number of ether oxygens (including phenoxy) is 1. The predicted octanol–water partition coefficient (Wildman–Crippen LogP) is 2.76. The molecule has 0 spiro atoms. The van der Waals surface area contributed by atoms with Crippen LogP contribution in [0.1, 0.15) is 24.4 Å². The lowest BCUT2D eigenvalue weighted by atomic mass is 10.3. The highest BCUT2D eigenvalue weighted by molar-refractivity contribution is 7.89. The third-order valence-electron chi connectivity index (χ3n) is 4.10. The molecule has 0 amide bonds. The Bertz CT molecular complexity index is 945. The van der Waals surface area contributed by atoms with E-state index in [2.05, 4.69) is 24.3 Å². The molecule has 1 aromatic heterocycles. The van der Waals surface area contributed by atoms with Gasteiger partial charge in [0, 0.05) is 24.8 Å². The molecule has 1 aliphatic rings. The number of anilines is 1. The fourth-order valence-electron chi connectivity index (χ4n) is 2.92. The van der Waals surface area contributed by atoms with Gasteiger partial charge in [0.05, 0.1) is 6.54 Å². The third-order valence-corrected chi connectivity index (χ3v) is 5.54. The highest BCUT2D eigenvalue weighted by atomic mass is 32.2. The molecule has 3 rings (SSSR count). The van der Waals surface area contributed by atoms with Crippen LogP contribution in [0, 0.1) is 6.92 Å². The smallest absolute Gasteiger partial charge is 0.404 e. The van der Waals surface area contributed by atoms with Crippen LogP contribution < -0.4 is 14.4 Å². The predicted molar refractivity (Wildman–Crippen MR) is 95.4 cm³/mol. The molecule has 28 heavy (non-hydrogen) atoms. The number of para-hydroxylation sites is 1. The third kappa shape index (κ3) is 5.10. The lowest BCUT2D eigenvalue weighted by Gasteiger charge is -2.18. The van der Waals surface area contributed by atoms with E-state index in [9.17, 15) is 21.6 Å². The Morgan fingerprint density at radius 2 is 1.86 bits per heavy atom. The molecular formula is C17H19F3N4O3S. The fourth-order valence-corrected chi connectivity index (χ4v) is 4.02. The van der Waals surface area contributed by atoms with Gasteiger partial charge in [-0.15, -0.1) is 13.2 Å². The maximum Gasteiger partial charge on any atom is 0.573 e. The molecule has 0 saturated carbocycles. The van der Waals surface area contributed by atoms with E-state index < -0.39 is 27.0 Å². The van der Waals surface area contributed by atoms with Crippen LogP contribution in [-0.4, -0.2) is 37.8 Å². The molecule has 0 atom stereocenters. The Kier molecular flexibility index (Phi) is 5.75. The number of halogens is 3. The van der Waals surface area contributed by atoms with Gasteiger partial charge in [0.1, 0.15) is 22.3 Å². The molecule has 0 bridgehead atoms. The average Bonchev–Trinajstić information content (AvgIpc) is 3.13. The number of hydrogen-bond donors (Lipinski definition) is 1. The summed E-state index contributed by atoms with van der Waals surface area (Å²) in [5, 5.41) is 0. The molecule has 0 unspecified atom stereocenters. The highest BCUT2D eigenvalue weighted by Gasteiger charge is 2.34. The second kappa shape index (κ2) is 7.92. The first-order chi connectivity index (χ1) is 13.1. The summed E-state index contributed by atoms with van der Waals surface area (Å²) in [5.74, 6) is 0.144. The van der Waals surface area contributed by atoms with Gasteiger partial charge in [0.25, 0.3) is 0 Å². The standard InChI is InChI=1S/C17H19F3N4O3S/c1-12-10-16(24-8-4-5-9-24)23-15(22-12)11-21-28(25,26)14-7-3-2-6-13(14)27-17(18,19)20/h2-3,6-7,10,21H,4-5,8-9,11H2,1H3. The molecule has 7 nitrogen and oxygen atoms in total. The molecule has 0 radical (unpaired) electrons. The summed E-state index contributed by atoms with van der Waals surface area (Å²) in [6, 6.07) is 6.36. The Morgan fingerprint density at radius 1 is 1.18 bits per heavy atom. The van der Waals surface area contributed by atoms with Crippen molar-refractivity contribution in [3.63, 3.8) is 0 Å². The quantitative estimate of drug-likeness (QED) is 0.780. The van der Waals surface area contributed by atoms with Gasteiger partial charge in [-0.3, -0.25) is 0 Å². The van der Waals surface area contributed by atoms with E-state index in [4.69, 9.17) is 0 Å². The number of hydrogen-bond acceptors (Lipinski definition) is 6. The SMILES string of the molecule is Cc1cc(N2CCCC2)nc(CNS(=O)(=O)c2ccccc2OC(F)(F)F)n1. The van der Waals surface area contributed by atoms with Crippen molar-refractivity contribution in [2.24, 2.45) is 0 Å². The number of nitrogens with zero attached hydrogens (tertiary/aromatic N) is 3. The molecule has 1 fully saturated rings. The van der Waals surface area contributed by atoms with E-state index in [-0.39, 0.29) is 12.4 Å². The van der Waals surface area contributed by atoms with E-state index in [1.54, 1.807) is 6.92 Å². The van der Waals surface area contributed by atoms with Crippen LogP contribution in [0.5, 0.6) is 5.75 Å². The minimum absolute atomic E-state index is 0.236. The van der Waals surface area contributed by atoms with E-state index >= 15 is 0 Å². The first-order valence-electron chi connectivity index (χ1n) is 8.58. The van der Waals surface area contributed by atoms with Crippen LogP contribution in [-0.2, 0) is 16.6 Å². The maximum atomic E-state index is 12.5. The average molecular weight is 416 g/mol. The van der Waals surface area contributed by atoms with E-state index in [0.29, 0.717) is 11.5 Å². The van der Waals surface area contributed by atoms with Crippen molar-refractivity contribution < 1.29 is 26.3 Å². The molecule has 11 heteroatoms. The molecule has 152 valence electrons. The summed E-state index contributed by atoms with van der Waals surface area (Å²) in [4.78, 5) is 10.0. The summed E-state index contributed by atoms with van der Waals surface area (Å²) >= 11 is 0. The number of nitrogens with one attached hydrogen (secondary N) is 1. The van der Waals surface area contributed by atoms with Crippen molar-refractivity contribution in [3.05, 3.63) is 41.9 Å². The Labute approximate surface area is 160 Å². The van der Waals surface area contributed by atoms with E-state index in [1.165, 1.54) is 12.1 Å². The summed E-state index contributed by atoms with van der Waals surface area (Å²) < 4.78 is 68.7. The number of sulfonamides is 1. The van der Waals surface area contributed by atoms with E-state index in [1.807, 2.05) is 6.07 Å². The first-order valence-corrected chi connectivity index (χ1v) is 10.1. The summed E-state index contributed by atoms with van der Waals surface area (Å²) in [6.45, 7) is 3.24. The van der Waals surface area contributed by atoms with Gasteiger partial charge in [-0.2, -0.15) is 0 Å². The lowest BCUT2D eigenvalue weighted by molar-refractivity contribution is -0.275. The largest absolute Gasteiger partial charge is 0.573 e. The Morgan fingerprint density at radius 3 is 2.54 bits per heavy atom. The molecule has 2 aromatic rings. The van der Waals surface area contributed by atoms with Gasteiger partial charge < -0.3 is 9.64 Å². The Balaban J connectivity index is 1.79. The van der Waals surface area contributed by atoms with Gasteiger partial charge >= 0.3 is 6.36 Å². The minimum Gasteiger partial charge on any atom is -0.404 e. The Hall–Kier alpha value is -2.40. The number of benzene rings is 1. The van der Waals surface area contributed by atoms with Crippen molar-refractivity contribution in [1.82, 2.24) is 14.7 Å². The number of aromatic nitrogens is 2. The summed E-state index contributed by atoms with van der Waals surface area (Å²) in [6.07, 6.45) is -2.89. The van der Waals surface area contributed by atoms with Crippen LogP contribution in [0.4, 0.5) is 19.0 Å². The van der Waals surface area contributed by atoms with Crippen molar-refractivity contribution >= 4 is 15.8 Å². The molecule has 1 N–H and O–H groups in total. The second-order valence-electron chi connectivity index (χ2n) is 6.30. The van der Waals surface area contributed by atoms with Crippen LogP contribution >= 0.6 is 0 Å².